The van der Waals surface area contributed by atoms with E-state index in [4.69, 9.17) is 26.8 Å². The average molecular weight is 368 g/mol. The normalized spacial score (nSPS) is 20.3. The van der Waals surface area contributed by atoms with Crippen LogP contribution in [0.15, 0.2) is 12.1 Å². The molecule has 8 heteroatoms. The van der Waals surface area contributed by atoms with E-state index in [-0.39, 0.29) is 35.1 Å². The second-order valence-corrected chi connectivity index (χ2v) is 6.84. The lowest BCUT2D eigenvalue weighted by Crippen LogP contribution is -2.37. The summed E-state index contributed by atoms with van der Waals surface area (Å²) in [6, 6.07) is 3.90. The first-order valence-corrected chi connectivity index (χ1v) is 8.69. The van der Waals surface area contributed by atoms with Crippen molar-refractivity contribution in [3.63, 3.8) is 0 Å². The van der Waals surface area contributed by atoms with Crippen molar-refractivity contribution in [3.8, 4) is 11.5 Å². The number of rotatable bonds is 7. The number of halogens is 1. The summed E-state index contributed by atoms with van der Waals surface area (Å²) in [6.45, 7) is 1.60. The number of hydrogen-bond acceptors (Lipinski definition) is 5. The van der Waals surface area contributed by atoms with Crippen LogP contribution in [0.5, 0.6) is 11.5 Å². The van der Waals surface area contributed by atoms with Crippen molar-refractivity contribution in [2.45, 2.75) is 31.3 Å². The predicted molar refractivity (Wildman–Crippen MR) is 93.2 cm³/mol. The minimum atomic E-state index is -0.624. The molecule has 2 fully saturated rings. The summed E-state index contributed by atoms with van der Waals surface area (Å²) in [5.41, 5.74) is 5.46. The lowest BCUT2D eigenvalue weighted by atomic mass is 10.1. The molecule has 0 radical (unpaired) electrons. The smallest absolute Gasteiger partial charge is 0.255 e. The first-order valence-electron chi connectivity index (χ1n) is 8.31. The fraction of sp³-hybridized carbons (Fsp3) is 0.529. The van der Waals surface area contributed by atoms with Gasteiger partial charge in [-0.15, -0.1) is 0 Å². The van der Waals surface area contributed by atoms with E-state index in [2.05, 4.69) is 10.2 Å². The zero-order valence-corrected chi connectivity index (χ0v) is 14.8. The first-order chi connectivity index (χ1) is 12.0. The summed E-state index contributed by atoms with van der Waals surface area (Å²) < 4.78 is 10.5. The van der Waals surface area contributed by atoms with E-state index < -0.39 is 5.91 Å². The van der Waals surface area contributed by atoms with Crippen molar-refractivity contribution >= 4 is 23.4 Å². The topological polar surface area (TPSA) is 93.9 Å². The summed E-state index contributed by atoms with van der Waals surface area (Å²) >= 11 is 6.19. The first kappa shape index (κ1) is 17.8. The highest BCUT2D eigenvalue weighted by Crippen LogP contribution is 2.36. The zero-order valence-electron chi connectivity index (χ0n) is 14.1. The Balaban J connectivity index is 1.67. The molecule has 2 aliphatic rings. The molecule has 0 unspecified atom stereocenters. The molecule has 0 aromatic heterocycles. The fourth-order valence-corrected chi connectivity index (χ4v) is 3.34. The highest BCUT2D eigenvalue weighted by atomic mass is 35.5. The highest BCUT2D eigenvalue weighted by Gasteiger charge is 2.35. The number of carbonyl (C=O) groups excluding carboxylic acids is 2. The van der Waals surface area contributed by atoms with Crippen molar-refractivity contribution in [1.29, 1.82) is 0 Å². The third-order valence-corrected chi connectivity index (χ3v) is 4.75. The molecule has 25 heavy (non-hydrogen) atoms. The van der Waals surface area contributed by atoms with Crippen LogP contribution in [0, 0.1) is 0 Å². The van der Waals surface area contributed by atoms with Gasteiger partial charge in [0.05, 0.1) is 12.1 Å². The Morgan fingerprint density at radius 1 is 1.36 bits per heavy atom. The number of hydrogen-bond donors (Lipinski definition) is 2. The fourth-order valence-electron chi connectivity index (χ4n) is 3.08. The lowest BCUT2D eigenvalue weighted by molar-refractivity contribution is -0.119. The van der Waals surface area contributed by atoms with Crippen LogP contribution in [-0.2, 0) is 4.79 Å². The number of methoxy groups -OCH3 is 1. The van der Waals surface area contributed by atoms with Gasteiger partial charge < -0.3 is 20.5 Å². The number of likely N-dealkylation sites (tertiary alicyclic amines) is 1. The zero-order chi connectivity index (χ0) is 18.0. The van der Waals surface area contributed by atoms with Gasteiger partial charge in [0.2, 0.25) is 0 Å². The van der Waals surface area contributed by atoms with Gasteiger partial charge in [-0.1, -0.05) is 11.6 Å². The lowest BCUT2D eigenvalue weighted by Gasteiger charge is -2.17. The average Bonchev–Trinajstić information content (AvgIpc) is 3.32. The van der Waals surface area contributed by atoms with Crippen molar-refractivity contribution in [1.82, 2.24) is 10.2 Å². The van der Waals surface area contributed by atoms with Gasteiger partial charge in [-0.3, -0.25) is 14.5 Å². The molecule has 1 atom stereocenters. The number of ether oxygens (including phenoxy) is 2. The third-order valence-electron chi connectivity index (χ3n) is 4.47. The number of nitrogens with one attached hydrogen (secondary N) is 1. The molecule has 0 bridgehead atoms. The van der Waals surface area contributed by atoms with Gasteiger partial charge in [0.1, 0.15) is 0 Å². The molecule has 1 heterocycles. The molecular formula is C17H22ClN3O4. The van der Waals surface area contributed by atoms with E-state index in [1.54, 1.807) is 6.07 Å². The van der Waals surface area contributed by atoms with E-state index >= 15 is 0 Å². The number of amides is 2. The van der Waals surface area contributed by atoms with Gasteiger partial charge in [-0.2, -0.15) is 0 Å². The quantitative estimate of drug-likeness (QED) is 0.754. The monoisotopic (exact) mass is 367 g/mol. The van der Waals surface area contributed by atoms with Crippen molar-refractivity contribution < 1.29 is 19.1 Å². The van der Waals surface area contributed by atoms with Crippen molar-refractivity contribution in [3.05, 3.63) is 22.7 Å². The van der Waals surface area contributed by atoms with E-state index in [1.165, 1.54) is 26.0 Å². The van der Waals surface area contributed by atoms with Gasteiger partial charge >= 0.3 is 0 Å². The minimum absolute atomic E-state index is 0.142. The molecule has 7 nitrogen and oxygen atoms in total. The summed E-state index contributed by atoms with van der Waals surface area (Å²) in [5.74, 6) is -0.351. The minimum Gasteiger partial charge on any atom is -0.493 e. The van der Waals surface area contributed by atoms with Crippen molar-refractivity contribution in [2.24, 2.45) is 5.73 Å². The van der Waals surface area contributed by atoms with Crippen LogP contribution in [-0.4, -0.2) is 55.6 Å². The van der Waals surface area contributed by atoms with Crippen LogP contribution >= 0.6 is 11.6 Å². The Bertz CT molecular complexity index is 678. The predicted octanol–water partition coefficient (Wildman–Crippen LogP) is 1.18. The largest absolute Gasteiger partial charge is 0.493 e. The van der Waals surface area contributed by atoms with Crippen LogP contribution in [0.2, 0.25) is 5.02 Å². The Kier molecular flexibility index (Phi) is 5.34. The summed E-state index contributed by atoms with van der Waals surface area (Å²) in [7, 11) is 1.44. The van der Waals surface area contributed by atoms with E-state index in [9.17, 15) is 9.59 Å². The maximum Gasteiger partial charge on any atom is 0.255 e. The molecule has 3 N–H and O–H groups in total. The Morgan fingerprint density at radius 3 is 2.76 bits per heavy atom. The van der Waals surface area contributed by atoms with E-state index in [0.29, 0.717) is 11.6 Å². The summed E-state index contributed by atoms with van der Waals surface area (Å²) in [6.07, 6.45) is 3.48. The second-order valence-electron chi connectivity index (χ2n) is 6.43. The molecule has 3 rings (SSSR count). The molecule has 1 aromatic rings. The van der Waals surface area contributed by atoms with Gasteiger partial charge in [0, 0.05) is 30.7 Å². The van der Waals surface area contributed by atoms with Gasteiger partial charge in [-0.25, -0.2) is 0 Å². The van der Waals surface area contributed by atoms with Crippen LogP contribution in [0.1, 0.15) is 29.6 Å². The number of benzene rings is 1. The molecule has 136 valence electrons. The highest BCUT2D eigenvalue weighted by molar-refractivity contribution is 6.32. The Labute approximate surface area is 151 Å². The SMILES string of the molecule is COc1cc(C(=O)N[C@H]2CCN(C3CC3)C2)cc(Cl)c1OCC(N)=O. The van der Waals surface area contributed by atoms with Crippen LogP contribution in [0.4, 0.5) is 0 Å². The second kappa shape index (κ2) is 7.49. The van der Waals surface area contributed by atoms with E-state index in [1.807, 2.05) is 0 Å². The standard InChI is InChI=1S/C17H22ClN3O4/c1-24-14-7-10(6-13(18)16(14)25-9-15(19)22)17(23)20-11-4-5-21(8-11)12-2-3-12/h6-7,11-12H,2-5,8-9H2,1H3,(H2,19,22)(H,20,23)/t11-/m0/s1. The van der Waals surface area contributed by atoms with E-state index in [0.717, 1.165) is 19.5 Å². The Morgan fingerprint density at radius 2 is 2.12 bits per heavy atom. The molecule has 2 amide bonds. The number of primary amides is 1. The molecule has 1 aliphatic heterocycles. The van der Waals surface area contributed by atoms with Crippen LogP contribution < -0.4 is 20.5 Å². The Hall–Kier alpha value is -1.99. The molecule has 1 saturated carbocycles. The van der Waals surface area contributed by atoms with Gasteiger partial charge in [0.25, 0.3) is 11.8 Å². The molecule has 1 aliphatic carbocycles. The summed E-state index contributed by atoms with van der Waals surface area (Å²) in [5, 5.41) is 3.24. The van der Waals surface area contributed by atoms with Gasteiger partial charge in [-0.05, 0) is 31.4 Å². The van der Waals surface area contributed by atoms with Crippen molar-refractivity contribution in [2.75, 3.05) is 26.8 Å². The maximum absolute atomic E-state index is 12.5. The van der Waals surface area contributed by atoms with Gasteiger partial charge in [0.15, 0.2) is 18.1 Å². The number of nitrogens with two attached hydrogens (primary N) is 1. The number of nitrogens with zero attached hydrogens (tertiary/aromatic N) is 1. The maximum atomic E-state index is 12.5. The molecular weight excluding hydrogens is 346 g/mol. The van der Waals surface area contributed by atoms with Crippen LogP contribution in [0.3, 0.4) is 0 Å². The van der Waals surface area contributed by atoms with Crippen LogP contribution in [0.25, 0.3) is 0 Å². The number of carbonyl (C=O) groups is 2. The third kappa shape index (κ3) is 4.35. The summed E-state index contributed by atoms with van der Waals surface area (Å²) in [4.78, 5) is 25.8. The molecule has 1 saturated heterocycles. The molecule has 0 spiro atoms. The molecule has 1 aromatic carbocycles.